The predicted octanol–water partition coefficient (Wildman–Crippen LogP) is 3.73. The highest BCUT2D eigenvalue weighted by Crippen LogP contribution is 2.25. The van der Waals surface area contributed by atoms with Crippen molar-refractivity contribution >= 4 is 27.7 Å². The maximum absolute atomic E-state index is 12.9. The number of carbonyl (C=O) groups is 1. The smallest absolute Gasteiger partial charge is 0.255 e. The molecule has 1 unspecified atom stereocenters. The molecule has 152 valence electrons. The van der Waals surface area contributed by atoms with Gasteiger partial charge in [0.1, 0.15) is 11.6 Å². The maximum Gasteiger partial charge on any atom is 0.255 e. The third kappa shape index (κ3) is 5.45. The number of pyridine rings is 1. The average molecular weight is 449 g/mol. The Bertz CT molecular complexity index is 794. The maximum atomic E-state index is 12.9. The molecule has 1 amide bonds. The Morgan fingerprint density at radius 1 is 1.25 bits per heavy atom. The SMILES string of the molecule is CCN(CC)C(CNC(=O)c1cc(Br)cnc1N(C)C)c1cccc(OC)c1. The standard InChI is InChI=1S/C21H29BrN4O2/c1-6-26(7-2)19(15-9-8-10-17(11-15)28-5)14-24-21(27)18-12-16(22)13-23-20(18)25(3)4/h8-13,19H,6-7,14H2,1-5H3,(H,24,27). The summed E-state index contributed by atoms with van der Waals surface area (Å²) in [6.45, 7) is 6.51. The highest BCUT2D eigenvalue weighted by Gasteiger charge is 2.21. The number of amides is 1. The second-order valence-electron chi connectivity index (χ2n) is 6.64. The van der Waals surface area contributed by atoms with E-state index in [0.29, 0.717) is 17.9 Å². The Balaban J connectivity index is 2.26. The Labute approximate surface area is 176 Å². The van der Waals surface area contributed by atoms with Gasteiger partial charge in [-0.3, -0.25) is 9.69 Å². The van der Waals surface area contributed by atoms with E-state index in [1.54, 1.807) is 19.4 Å². The van der Waals surface area contributed by atoms with Crippen LogP contribution in [-0.4, -0.2) is 56.6 Å². The molecule has 2 aromatic rings. The lowest BCUT2D eigenvalue weighted by molar-refractivity contribution is 0.0935. The van der Waals surface area contributed by atoms with Crippen LogP contribution in [0.15, 0.2) is 41.0 Å². The molecule has 0 saturated carbocycles. The van der Waals surface area contributed by atoms with E-state index in [2.05, 4.69) is 51.0 Å². The van der Waals surface area contributed by atoms with Crippen LogP contribution >= 0.6 is 15.9 Å². The van der Waals surface area contributed by atoms with Gasteiger partial charge in [0.2, 0.25) is 0 Å². The van der Waals surface area contributed by atoms with Crippen LogP contribution in [0.4, 0.5) is 5.82 Å². The Hall–Kier alpha value is -2.12. The summed E-state index contributed by atoms with van der Waals surface area (Å²) in [6.07, 6.45) is 1.70. The highest BCUT2D eigenvalue weighted by atomic mass is 79.9. The van der Waals surface area contributed by atoms with Crippen molar-refractivity contribution in [3.05, 3.63) is 52.1 Å². The minimum absolute atomic E-state index is 0.0527. The van der Waals surface area contributed by atoms with Crippen LogP contribution in [0.3, 0.4) is 0 Å². The van der Waals surface area contributed by atoms with Crippen LogP contribution in [0.25, 0.3) is 0 Å². The summed E-state index contributed by atoms with van der Waals surface area (Å²) in [5, 5.41) is 3.10. The zero-order valence-corrected chi connectivity index (χ0v) is 18.8. The number of rotatable bonds is 9. The van der Waals surface area contributed by atoms with Crippen molar-refractivity contribution in [2.75, 3.05) is 45.7 Å². The minimum atomic E-state index is -0.141. The van der Waals surface area contributed by atoms with Crippen molar-refractivity contribution in [1.29, 1.82) is 0 Å². The number of likely N-dealkylation sites (N-methyl/N-ethyl adjacent to an activating group) is 1. The van der Waals surface area contributed by atoms with Gasteiger partial charge in [0, 0.05) is 31.3 Å². The molecule has 0 radical (unpaired) electrons. The molecule has 2 rings (SSSR count). The summed E-state index contributed by atoms with van der Waals surface area (Å²) in [5.41, 5.74) is 1.66. The van der Waals surface area contributed by atoms with Gasteiger partial charge in [-0.15, -0.1) is 0 Å². The fourth-order valence-corrected chi connectivity index (χ4v) is 3.54. The minimum Gasteiger partial charge on any atom is -0.497 e. The number of hydrogen-bond donors (Lipinski definition) is 1. The van der Waals surface area contributed by atoms with Gasteiger partial charge in [0.15, 0.2) is 0 Å². The van der Waals surface area contributed by atoms with Gasteiger partial charge < -0.3 is 15.0 Å². The van der Waals surface area contributed by atoms with Crippen molar-refractivity contribution in [2.24, 2.45) is 0 Å². The summed E-state index contributed by atoms with van der Waals surface area (Å²) >= 11 is 3.41. The van der Waals surface area contributed by atoms with Crippen molar-refractivity contribution in [3.63, 3.8) is 0 Å². The lowest BCUT2D eigenvalue weighted by Gasteiger charge is -2.30. The van der Waals surface area contributed by atoms with Crippen molar-refractivity contribution in [3.8, 4) is 5.75 Å². The Morgan fingerprint density at radius 3 is 2.57 bits per heavy atom. The molecule has 0 fully saturated rings. The summed E-state index contributed by atoms with van der Waals surface area (Å²) < 4.78 is 6.15. The molecule has 0 aliphatic heterocycles. The van der Waals surface area contributed by atoms with Gasteiger partial charge in [-0.1, -0.05) is 26.0 Å². The first-order valence-corrected chi connectivity index (χ1v) is 10.2. The van der Waals surface area contributed by atoms with E-state index in [1.165, 1.54) is 0 Å². The van der Waals surface area contributed by atoms with Crippen molar-refractivity contribution in [1.82, 2.24) is 15.2 Å². The molecule has 1 aromatic heterocycles. The lowest BCUT2D eigenvalue weighted by Crippen LogP contribution is -2.38. The predicted molar refractivity (Wildman–Crippen MR) is 117 cm³/mol. The number of aromatic nitrogens is 1. The van der Waals surface area contributed by atoms with Gasteiger partial charge in [0.25, 0.3) is 5.91 Å². The second-order valence-corrected chi connectivity index (χ2v) is 7.56. The zero-order valence-electron chi connectivity index (χ0n) is 17.2. The number of nitrogens with one attached hydrogen (secondary N) is 1. The number of halogens is 1. The molecule has 6 nitrogen and oxygen atoms in total. The number of anilines is 1. The molecule has 28 heavy (non-hydrogen) atoms. The first-order valence-electron chi connectivity index (χ1n) is 9.40. The fraction of sp³-hybridized carbons (Fsp3) is 0.429. The molecule has 1 N–H and O–H groups in total. The quantitative estimate of drug-likeness (QED) is 0.632. The van der Waals surface area contributed by atoms with E-state index in [0.717, 1.165) is 28.9 Å². The lowest BCUT2D eigenvalue weighted by atomic mass is 10.0. The topological polar surface area (TPSA) is 57.7 Å². The van der Waals surface area contributed by atoms with Gasteiger partial charge >= 0.3 is 0 Å². The van der Waals surface area contributed by atoms with Gasteiger partial charge in [-0.25, -0.2) is 4.98 Å². The molecule has 0 aliphatic carbocycles. The molecule has 1 atom stereocenters. The molecular formula is C21H29BrN4O2. The molecule has 7 heteroatoms. The van der Waals surface area contributed by atoms with E-state index in [1.807, 2.05) is 37.2 Å². The first-order chi connectivity index (χ1) is 13.4. The molecule has 0 bridgehead atoms. The summed E-state index contributed by atoms with van der Waals surface area (Å²) in [7, 11) is 5.42. The third-order valence-corrected chi connectivity index (χ3v) is 5.12. The number of carbonyl (C=O) groups excluding carboxylic acids is 1. The van der Waals surface area contributed by atoms with E-state index >= 15 is 0 Å². The third-order valence-electron chi connectivity index (χ3n) is 4.69. The van der Waals surface area contributed by atoms with Gasteiger partial charge in [-0.2, -0.15) is 0 Å². The average Bonchev–Trinajstić information content (AvgIpc) is 2.70. The number of methoxy groups -OCH3 is 1. The van der Waals surface area contributed by atoms with Crippen molar-refractivity contribution < 1.29 is 9.53 Å². The van der Waals surface area contributed by atoms with Crippen LogP contribution in [0.1, 0.15) is 35.8 Å². The molecular weight excluding hydrogens is 420 g/mol. The monoisotopic (exact) mass is 448 g/mol. The molecule has 0 saturated heterocycles. The normalized spacial score (nSPS) is 12.0. The van der Waals surface area contributed by atoms with Crippen LogP contribution in [-0.2, 0) is 0 Å². The Kier molecular flexibility index (Phi) is 8.26. The van der Waals surface area contributed by atoms with Crippen LogP contribution in [0, 0.1) is 0 Å². The van der Waals surface area contributed by atoms with Gasteiger partial charge in [-0.05, 0) is 52.8 Å². The Morgan fingerprint density at radius 2 is 1.96 bits per heavy atom. The van der Waals surface area contributed by atoms with E-state index in [4.69, 9.17) is 4.74 Å². The van der Waals surface area contributed by atoms with Crippen LogP contribution in [0.2, 0.25) is 0 Å². The van der Waals surface area contributed by atoms with Crippen molar-refractivity contribution in [2.45, 2.75) is 19.9 Å². The van der Waals surface area contributed by atoms with E-state index in [-0.39, 0.29) is 11.9 Å². The zero-order chi connectivity index (χ0) is 20.7. The number of ether oxygens (including phenoxy) is 1. The molecule has 1 aromatic carbocycles. The largest absolute Gasteiger partial charge is 0.497 e. The molecule has 0 spiro atoms. The summed E-state index contributed by atoms with van der Waals surface area (Å²) in [4.78, 5) is 21.5. The number of hydrogen-bond acceptors (Lipinski definition) is 5. The molecule has 0 aliphatic rings. The number of benzene rings is 1. The molecule has 1 heterocycles. The van der Waals surface area contributed by atoms with Crippen LogP contribution < -0.4 is 15.0 Å². The second kappa shape index (κ2) is 10.4. The summed E-state index contributed by atoms with van der Waals surface area (Å²) in [6, 6.07) is 9.87. The highest BCUT2D eigenvalue weighted by molar-refractivity contribution is 9.10. The fourth-order valence-electron chi connectivity index (χ4n) is 3.21. The van der Waals surface area contributed by atoms with Gasteiger partial charge in [0.05, 0.1) is 18.7 Å². The van der Waals surface area contributed by atoms with E-state index < -0.39 is 0 Å². The summed E-state index contributed by atoms with van der Waals surface area (Å²) in [5.74, 6) is 1.31. The number of nitrogens with zero attached hydrogens (tertiary/aromatic N) is 3. The first kappa shape index (κ1) is 22.2. The van der Waals surface area contributed by atoms with Crippen LogP contribution in [0.5, 0.6) is 5.75 Å². The van der Waals surface area contributed by atoms with E-state index in [9.17, 15) is 4.79 Å².